The van der Waals surface area contributed by atoms with Crippen molar-refractivity contribution in [3.05, 3.63) is 65.7 Å². The Balaban J connectivity index is 1.38. The highest BCUT2D eigenvalue weighted by Crippen LogP contribution is 2.39. The lowest BCUT2D eigenvalue weighted by molar-refractivity contribution is -0.121. The minimum atomic E-state index is -0.197. The van der Waals surface area contributed by atoms with Crippen LogP contribution in [0, 0.1) is 5.82 Å². The molecule has 1 amide bonds. The molecule has 2 fully saturated rings. The van der Waals surface area contributed by atoms with Gasteiger partial charge in [-0.15, -0.1) is 0 Å². The quantitative estimate of drug-likeness (QED) is 0.935. The first-order valence-corrected chi connectivity index (χ1v) is 8.82. The van der Waals surface area contributed by atoms with E-state index in [0.717, 1.165) is 50.0 Å². The smallest absolute Gasteiger partial charge is 0.228 e. The van der Waals surface area contributed by atoms with Crippen LogP contribution in [0.3, 0.4) is 0 Å². The molecule has 2 aromatic rings. The number of hydrogen-bond donors (Lipinski definition) is 1. The van der Waals surface area contributed by atoms with Crippen LogP contribution >= 0.6 is 0 Å². The molecule has 3 heterocycles. The number of hydrogen-bond acceptors (Lipinski definition) is 3. The maximum Gasteiger partial charge on any atom is 0.228 e. The highest BCUT2D eigenvalue weighted by molar-refractivity contribution is 5.87. The second kappa shape index (κ2) is 6.56. The van der Waals surface area contributed by atoms with Crippen molar-refractivity contribution in [3.63, 3.8) is 0 Å². The Morgan fingerprint density at radius 2 is 1.80 bits per heavy atom. The molecule has 4 rings (SSSR count). The van der Waals surface area contributed by atoms with E-state index in [-0.39, 0.29) is 23.2 Å². The molecule has 0 unspecified atom stereocenters. The van der Waals surface area contributed by atoms with Crippen LogP contribution in [0.4, 0.5) is 4.39 Å². The highest BCUT2D eigenvalue weighted by atomic mass is 19.1. The highest BCUT2D eigenvalue weighted by Gasteiger charge is 2.46. The molecule has 1 aromatic carbocycles. The Morgan fingerprint density at radius 1 is 1.12 bits per heavy atom. The molecule has 4 nitrogen and oxygen atoms in total. The van der Waals surface area contributed by atoms with Gasteiger partial charge in [-0.2, -0.15) is 0 Å². The minimum Gasteiger partial charge on any atom is -0.350 e. The molecule has 0 radical (unpaired) electrons. The number of carbonyl (C=O) groups excluding carboxylic acids is 1. The van der Waals surface area contributed by atoms with E-state index in [0.29, 0.717) is 0 Å². The van der Waals surface area contributed by atoms with Gasteiger partial charge in [-0.25, -0.2) is 4.39 Å². The minimum absolute atomic E-state index is 0.0633. The summed E-state index contributed by atoms with van der Waals surface area (Å²) in [6.07, 6.45) is 6.28. The van der Waals surface area contributed by atoms with Gasteiger partial charge in [0.15, 0.2) is 0 Å². The summed E-state index contributed by atoms with van der Waals surface area (Å²) in [5.74, 6) is -0.123. The number of amides is 1. The van der Waals surface area contributed by atoms with Crippen LogP contribution in [-0.2, 0) is 11.3 Å². The van der Waals surface area contributed by atoms with Crippen molar-refractivity contribution in [3.8, 4) is 0 Å². The summed E-state index contributed by atoms with van der Waals surface area (Å²) in [7, 11) is 0. The van der Waals surface area contributed by atoms with Gasteiger partial charge >= 0.3 is 0 Å². The van der Waals surface area contributed by atoms with Gasteiger partial charge in [0.05, 0.1) is 5.92 Å². The van der Waals surface area contributed by atoms with Gasteiger partial charge in [-0.1, -0.05) is 12.1 Å². The predicted octanol–water partition coefficient (Wildman–Crippen LogP) is 2.86. The number of benzene rings is 1. The number of rotatable bonds is 3. The Kier molecular flexibility index (Phi) is 4.25. The lowest BCUT2D eigenvalue weighted by Gasteiger charge is -2.39. The molecule has 2 aliphatic heterocycles. The van der Waals surface area contributed by atoms with Gasteiger partial charge in [-0.3, -0.25) is 14.7 Å². The number of carbonyl (C=O) groups is 1. The van der Waals surface area contributed by atoms with Crippen LogP contribution in [0.25, 0.3) is 0 Å². The van der Waals surface area contributed by atoms with Gasteiger partial charge in [-0.05, 0) is 54.7 Å². The van der Waals surface area contributed by atoms with Gasteiger partial charge in [0, 0.05) is 37.6 Å². The second-order valence-electron chi connectivity index (χ2n) is 7.21. The van der Waals surface area contributed by atoms with Crippen LogP contribution in [0.1, 0.15) is 36.3 Å². The van der Waals surface area contributed by atoms with Crippen molar-refractivity contribution in [1.82, 2.24) is 15.2 Å². The van der Waals surface area contributed by atoms with Gasteiger partial charge < -0.3 is 5.32 Å². The van der Waals surface area contributed by atoms with Crippen molar-refractivity contribution in [2.24, 2.45) is 0 Å². The Hall–Kier alpha value is -2.27. The standard InChI is InChI=1S/C20H22FN3O/c21-17-3-1-15(2-4-17)14-24-11-7-20(8-12-24)13-18(19(25)23-20)16-5-9-22-10-6-16/h1-6,9-10,18H,7-8,11-14H2,(H,23,25)/t18-/m1/s1. The molecular weight excluding hydrogens is 317 g/mol. The summed E-state index contributed by atoms with van der Waals surface area (Å²) in [4.78, 5) is 18.9. The molecule has 1 atom stereocenters. The predicted molar refractivity (Wildman–Crippen MR) is 93.4 cm³/mol. The van der Waals surface area contributed by atoms with Crippen molar-refractivity contribution < 1.29 is 9.18 Å². The fourth-order valence-electron chi connectivity index (χ4n) is 4.06. The fraction of sp³-hybridized carbons (Fsp3) is 0.400. The van der Waals surface area contributed by atoms with Crippen LogP contribution in [0.5, 0.6) is 0 Å². The van der Waals surface area contributed by atoms with E-state index in [1.807, 2.05) is 24.3 Å². The zero-order valence-electron chi connectivity index (χ0n) is 14.1. The fourth-order valence-corrected chi connectivity index (χ4v) is 4.06. The van der Waals surface area contributed by atoms with E-state index < -0.39 is 0 Å². The van der Waals surface area contributed by atoms with Crippen molar-refractivity contribution >= 4 is 5.91 Å². The molecule has 1 spiro atoms. The van der Waals surface area contributed by atoms with Crippen LogP contribution < -0.4 is 5.32 Å². The molecule has 130 valence electrons. The third-order valence-electron chi connectivity index (χ3n) is 5.54. The number of aromatic nitrogens is 1. The number of nitrogens with zero attached hydrogens (tertiary/aromatic N) is 2. The molecule has 0 aliphatic carbocycles. The maximum absolute atomic E-state index is 13.0. The number of likely N-dealkylation sites (tertiary alicyclic amines) is 1. The second-order valence-corrected chi connectivity index (χ2v) is 7.21. The van der Waals surface area contributed by atoms with E-state index in [1.165, 1.54) is 12.1 Å². The first kappa shape index (κ1) is 16.2. The maximum atomic E-state index is 13.0. The number of pyridine rings is 1. The largest absolute Gasteiger partial charge is 0.350 e. The molecule has 5 heteroatoms. The van der Waals surface area contributed by atoms with Crippen LogP contribution in [-0.4, -0.2) is 34.4 Å². The summed E-state index contributed by atoms with van der Waals surface area (Å²) in [5, 5.41) is 3.27. The van der Waals surface area contributed by atoms with E-state index in [4.69, 9.17) is 0 Å². The Labute approximate surface area is 147 Å². The first-order valence-electron chi connectivity index (χ1n) is 8.82. The van der Waals surface area contributed by atoms with E-state index >= 15 is 0 Å². The number of nitrogens with one attached hydrogen (secondary N) is 1. The summed E-state index contributed by atoms with van der Waals surface area (Å²) >= 11 is 0. The SMILES string of the molecule is O=C1NC2(CCN(Cc3ccc(F)cc3)CC2)C[C@@H]1c1ccncc1. The summed E-state index contributed by atoms with van der Waals surface area (Å²) in [5.41, 5.74) is 2.10. The van der Waals surface area contributed by atoms with Crippen LogP contribution in [0.2, 0.25) is 0 Å². The first-order chi connectivity index (χ1) is 12.1. The van der Waals surface area contributed by atoms with Crippen LogP contribution in [0.15, 0.2) is 48.8 Å². The number of halogens is 1. The van der Waals surface area contributed by atoms with Gasteiger partial charge in [0.25, 0.3) is 0 Å². The average Bonchev–Trinajstić information content (AvgIpc) is 2.96. The Morgan fingerprint density at radius 3 is 2.48 bits per heavy atom. The molecule has 1 N–H and O–H groups in total. The summed E-state index contributed by atoms with van der Waals surface area (Å²) in [6, 6.07) is 10.6. The average molecular weight is 339 g/mol. The number of piperidine rings is 1. The molecule has 0 saturated carbocycles. The summed E-state index contributed by atoms with van der Waals surface area (Å²) in [6.45, 7) is 2.72. The molecule has 2 saturated heterocycles. The van der Waals surface area contributed by atoms with Gasteiger partial charge in [0.1, 0.15) is 5.82 Å². The lowest BCUT2D eigenvalue weighted by Crippen LogP contribution is -2.50. The molecular formula is C20H22FN3O. The summed E-state index contributed by atoms with van der Waals surface area (Å²) < 4.78 is 13.0. The van der Waals surface area contributed by atoms with E-state index in [1.54, 1.807) is 12.4 Å². The van der Waals surface area contributed by atoms with Crippen molar-refractivity contribution in [2.75, 3.05) is 13.1 Å². The monoisotopic (exact) mass is 339 g/mol. The van der Waals surface area contributed by atoms with E-state index in [2.05, 4.69) is 15.2 Å². The zero-order chi connectivity index (χ0) is 17.3. The zero-order valence-corrected chi connectivity index (χ0v) is 14.1. The van der Waals surface area contributed by atoms with Crippen molar-refractivity contribution in [2.45, 2.75) is 37.3 Å². The molecule has 25 heavy (non-hydrogen) atoms. The third-order valence-corrected chi connectivity index (χ3v) is 5.54. The van der Waals surface area contributed by atoms with E-state index in [9.17, 15) is 9.18 Å². The Bertz CT molecular complexity index is 739. The normalized spacial score (nSPS) is 22.9. The molecule has 2 aliphatic rings. The lowest BCUT2D eigenvalue weighted by atomic mass is 9.82. The third kappa shape index (κ3) is 3.42. The molecule has 1 aromatic heterocycles. The van der Waals surface area contributed by atoms with Crippen molar-refractivity contribution in [1.29, 1.82) is 0 Å². The molecule has 0 bridgehead atoms. The van der Waals surface area contributed by atoms with Gasteiger partial charge in [0.2, 0.25) is 5.91 Å². The topological polar surface area (TPSA) is 45.2 Å².